The summed E-state index contributed by atoms with van der Waals surface area (Å²) in [6, 6.07) is 4.20. The average molecular weight is 313 g/mol. The highest BCUT2D eigenvalue weighted by Crippen LogP contribution is 2.31. The van der Waals surface area contributed by atoms with Gasteiger partial charge in [0, 0.05) is 18.7 Å². The van der Waals surface area contributed by atoms with Crippen molar-refractivity contribution in [2.45, 2.75) is 16.0 Å². The number of nitrogens with zero attached hydrogens (tertiary/aromatic N) is 2. The Morgan fingerprint density at radius 2 is 2.25 bits per heavy atom. The first kappa shape index (κ1) is 13.4. The van der Waals surface area contributed by atoms with Gasteiger partial charge in [0.1, 0.15) is 0 Å². The Morgan fingerprint density at radius 3 is 2.90 bits per heavy atom. The fourth-order valence-corrected chi connectivity index (χ4v) is 5.26. The first-order chi connectivity index (χ1) is 9.48. The molecule has 1 aromatic heterocycles. The number of fused-ring (bicyclic) bond motifs is 1. The number of sulfone groups is 1. The molecule has 0 saturated carbocycles. The van der Waals surface area contributed by atoms with Crippen LogP contribution in [0.1, 0.15) is 6.42 Å². The van der Waals surface area contributed by atoms with E-state index in [9.17, 15) is 18.5 Å². The molecule has 1 saturated heterocycles. The van der Waals surface area contributed by atoms with E-state index in [1.807, 2.05) is 0 Å². The summed E-state index contributed by atoms with van der Waals surface area (Å²) in [7, 11) is -3.46. The normalized spacial score (nSPS) is 19.5. The monoisotopic (exact) mass is 313 g/mol. The summed E-state index contributed by atoms with van der Waals surface area (Å²) in [4.78, 5) is 14.3. The van der Waals surface area contributed by atoms with Crippen LogP contribution >= 0.6 is 11.3 Å². The van der Waals surface area contributed by atoms with Gasteiger partial charge in [0.15, 0.2) is 0 Å². The quantitative estimate of drug-likeness (QED) is 0.677. The van der Waals surface area contributed by atoms with Crippen LogP contribution in [-0.4, -0.2) is 36.7 Å². The van der Waals surface area contributed by atoms with Crippen molar-refractivity contribution >= 4 is 37.1 Å². The second kappa shape index (κ2) is 4.76. The van der Waals surface area contributed by atoms with Crippen molar-refractivity contribution in [3.05, 3.63) is 28.3 Å². The molecule has 7 nitrogen and oxygen atoms in total. The summed E-state index contributed by atoms with van der Waals surface area (Å²) in [5.41, 5.74) is 0.267. The molecule has 1 atom stereocenters. The number of hydrogen-bond donors (Lipinski definition) is 1. The maximum Gasteiger partial charge on any atom is 0.271 e. The standard InChI is InChI=1S/C11H11N3O4S2/c15-14(16)7-1-2-10-9(5-7)13-11(19-10)20(17,18)8-3-4-12-6-8/h1-2,5,8,12H,3-4,6H2/t8-/m1/s1. The molecular weight excluding hydrogens is 302 g/mol. The van der Waals surface area contributed by atoms with E-state index < -0.39 is 20.0 Å². The van der Waals surface area contributed by atoms with Gasteiger partial charge in [-0.15, -0.1) is 11.3 Å². The van der Waals surface area contributed by atoms with E-state index in [1.165, 1.54) is 18.2 Å². The molecular formula is C11H11N3O4S2. The van der Waals surface area contributed by atoms with Crippen LogP contribution in [0, 0.1) is 10.1 Å². The van der Waals surface area contributed by atoms with Crippen LogP contribution < -0.4 is 5.32 Å². The summed E-state index contributed by atoms with van der Waals surface area (Å²) in [6.45, 7) is 1.11. The van der Waals surface area contributed by atoms with E-state index in [2.05, 4.69) is 10.3 Å². The molecule has 1 aliphatic rings. The number of nitro groups is 1. The van der Waals surface area contributed by atoms with Crippen molar-refractivity contribution in [3.8, 4) is 0 Å². The molecule has 9 heteroatoms. The van der Waals surface area contributed by atoms with E-state index in [-0.39, 0.29) is 10.0 Å². The van der Waals surface area contributed by atoms with Gasteiger partial charge in [0.25, 0.3) is 5.69 Å². The van der Waals surface area contributed by atoms with Gasteiger partial charge < -0.3 is 5.32 Å². The smallest absolute Gasteiger partial charge is 0.271 e. The Kier molecular flexibility index (Phi) is 3.19. The third-order valence-corrected chi connectivity index (χ3v) is 6.90. The Balaban J connectivity index is 2.06. The summed E-state index contributed by atoms with van der Waals surface area (Å²) >= 11 is 1.06. The summed E-state index contributed by atoms with van der Waals surface area (Å²) in [6.07, 6.45) is 0.568. The number of nitrogens with one attached hydrogen (secondary N) is 1. The van der Waals surface area contributed by atoms with Crippen molar-refractivity contribution in [2.24, 2.45) is 0 Å². The first-order valence-corrected chi connectivity index (χ1v) is 8.34. The fraction of sp³-hybridized carbons (Fsp3) is 0.364. The lowest BCUT2D eigenvalue weighted by molar-refractivity contribution is -0.384. The highest BCUT2D eigenvalue weighted by atomic mass is 32.2. The molecule has 0 spiro atoms. The van der Waals surface area contributed by atoms with Gasteiger partial charge in [0.05, 0.1) is 20.4 Å². The number of hydrogen-bond acceptors (Lipinski definition) is 7. The minimum atomic E-state index is -3.46. The molecule has 0 unspecified atom stereocenters. The molecule has 0 bridgehead atoms. The fourth-order valence-electron chi connectivity index (χ4n) is 2.17. The maximum atomic E-state index is 12.4. The SMILES string of the molecule is O=[N+]([O-])c1ccc2sc(S(=O)(=O)[C@@H]3CCNC3)nc2c1. The van der Waals surface area contributed by atoms with Gasteiger partial charge in [-0.05, 0) is 19.0 Å². The molecule has 1 N–H and O–H groups in total. The van der Waals surface area contributed by atoms with Gasteiger partial charge in [-0.25, -0.2) is 13.4 Å². The Hall–Kier alpha value is -1.58. The van der Waals surface area contributed by atoms with Gasteiger partial charge in [-0.1, -0.05) is 0 Å². The lowest BCUT2D eigenvalue weighted by Gasteiger charge is -2.06. The van der Waals surface area contributed by atoms with Gasteiger partial charge in [-0.2, -0.15) is 0 Å². The number of aromatic nitrogens is 1. The number of thiazole rings is 1. The zero-order valence-corrected chi connectivity index (χ0v) is 11.9. The van der Waals surface area contributed by atoms with Crippen LogP contribution in [-0.2, 0) is 9.84 Å². The highest BCUT2D eigenvalue weighted by molar-refractivity contribution is 7.94. The predicted octanol–water partition coefficient (Wildman–Crippen LogP) is 1.34. The Labute approximate surface area is 118 Å². The zero-order chi connectivity index (χ0) is 14.3. The third kappa shape index (κ3) is 2.17. The summed E-state index contributed by atoms with van der Waals surface area (Å²) < 4.78 is 25.5. The van der Waals surface area contributed by atoms with Gasteiger partial charge in [0.2, 0.25) is 14.2 Å². The lowest BCUT2D eigenvalue weighted by Crippen LogP contribution is -2.23. The molecule has 1 aliphatic heterocycles. The molecule has 2 aromatic rings. The zero-order valence-electron chi connectivity index (χ0n) is 10.3. The van der Waals surface area contributed by atoms with Crippen LogP contribution in [0.4, 0.5) is 5.69 Å². The molecule has 2 heterocycles. The van der Waals surface area contributed by atoms with E-state index in [0.717, 1.165) is 11.3 Å². The summed E-state index contributed by atoms with van der Waals surface area (Å²) in [5, 5.41) is 13.3. The molecule has 1 aromatic carbocycles. The second-order valence-electron chi connectivity index (χ2n) is 4.55. The third-order valence-electron chi connectivity index (χ3n) is 3.26. The predicted molar refractivity (Wildman–Crippen MR) is 74.7 cm³/mol. The number of nitro benzene ring substituents is 1. The van der Waals surface area contributed by atoms with Crippen LogP contribution in [0.3, 0.4) is 0 Å². The molecule has 1 fully saturated rings. The molecule has 3 rings (SSSR count). The van der Waals surface area contributed by atoms with Crippen LogP contribution in [0.2, 0.25) is 0 Å². The second-order valence-corrected chi connectivity index (χ2v) is 7.98. The molecule has 20 heavy (non-hydrogen) atoms. The minimum absolute atomic E-state index is 0.0432. The highest BCUT2D eigenvalue weighted by Gasteiger charge is 2.33. The molecule has 106 valence electrons. The van der Waals surface area contributed by atoms with Crippen molar-refractivity contribution in [1.29, 1.82) is 0 Å². The molecule has 0 radical (unpaired) electrons. The van der Waals surface area contributed by atoms with Gasteiger partial charge >= 0.3 is 0 Å². The minimum Gasteiger partial charge on any atom is -0.315 e. The first-order valence-electron chi connectivity index (χ1n) is 5.98. The summed E-state index contributed by atoms with van der Waals surface area (Å²) in [5.74, 6) is 0. The van der Waals surface area contributed by atoms with E-state index >= 15 is 0 Å². The largest absolute Gasteiger partial charge is 0.315 e. The Bertz CT molecular complexity index is 778. The maximum absolute atomic E-state index is 12.4. The van der Waals surface area contributed by atoms with Crippen molar-refractivity contribution in [2.75, 3.05) is 13.1 Å². The van der Waals surface area contributed by atoms with E-state index in [1.54, 1.807) is 0 Å². The van der Waals surface area contributed by atoms with E-state index in [4.69, 9.17) is 0 Å². The van der Waals surface area contributed by atoms with Crippen LogP contribution in [0.25, 0.3) is 10.2 Å². The lowest BCUT2D eigenvalue weighted by atomic mass is 10.3. The van der Waals surface area contributed by atoms with Crippen LogP contribution in [0.5, 0.6) is 0 Å². The molecule has 0 amide bonds. The Morgan fingerprint density at radius 1 is 1.45 bits per heavy atom. The molecule has 0 aliphatic carbocycles. The van der Waals surface area contributed by atoms with Crippen molar-refractivity contribution in [3.63, 3.8) is 0 Å². The topological polar surface area (TPSA) is 102 Å². The van der Waals surface area contributed by atoms with Crippen molar-refractivity contribution < 1.29 is 13.3 Å². The number of rotatable bonds is 3. The number of non-ortho nitro benzene ring substituents is 1. The average Bonchev–Trinajstić information content (AvgIpc) is 3.07. The number of benzene rings is 1. The van der Waals surface area contributed by atoms with Crippen LogP contribution in [0.15, 0.2) is 22.5 Å². The van der Waals surface area contributed by atoms with Gasteiger partial charge in [-0.3, -0.25) is 10.1 Å². The van der Waals surface area contributed by atoms with E-state index in [0.29, 0.717) is 29.7 Å². The van der Waals surface area contributed by atoms with Crippen molar-refractivity contribution in [1.82, 2.24) is 10.3 Å².